The van der Waals surface area contributed by atoms with Crippen molar-refractivity contribution in [2.45, 2.75) is 24.2 Å². The Bertz CT molecular complexity index is 924. The first-order valence-corrected chi connectivity index (χ1v) is 10.7. The van der Waals surface area contributed by atoms with E-state index in [2.05, 4.69) is 9.62 Å². The highest BCUT2D eigenvalue weighted by Gasteiger charge is 2.20. The molecule has 5 nitrogen and oxygen atoms in total. The van der Waals surface area contributed by atoms with E-state index in [0.29, 0.717) is 23.9 Å². The van der Waals surface area contributed by atoms with Crippen molar-refractivity contribution in [3.05, 3.63) is 52.5 Å². The Hall–Kier alpha value is -1.76. The van der Waals surface area contributed by atoms with Crippen molar-refractivity contribution in [1.29, 1.82) is 0 Å². The second kappa shape index (κ2) is 7.10. The van der Waals surface area contributed by atoms with Crippen molar-refractivity contribution >= 4 is 33.0 Å². The molecule has 2 aromatic rings. The molecule has 1 N–H and O–H groups in total. The van der Waals surface area contributed by atoms with Gasteiger partial charge in [-0.15, -0.1) is 0 Å². The van der Waals surface area contributed by atoms with Crippen LogP contribution in [-0.2, 0) is 27.6 Å². The summed E-state index contributed by atoms with van der Waals surface area (Å²) in [5.74, 6) is 0. The topological polar surface area (TPSA) is 58.6 Å². The number of hydrogen-bond acceptors (Lipinski definition) is 4. The monoisotopic (exact) mass is 392 g/mol. The third-order valence-corrected chi connectivity index (χ3v) is 6.64. The summed E-state index contributed by atoms with van der Waals surface area (Å²) in [6, 6.07) is 10.8. The van der Waals surface area contributed by atoms with E-state index in [-0.39, 0.29) is 4.90 Å². The van der Waals surface area contributed by atoms with Gasteiger partial charge >= 0.3 is 0 Å². The maximum absolute atomic E-state index is 12.8. The lowest BCUT2D eigenvalue weighted by Crippen LogP contribution is -2.36. The van der Waals surface area contributed by atoms with Crippen molar-refractivity contribution in [1.82, 2.24) is 0 Å². The van der Waals surface area contributed by atoms with Crippen LogP contribution in [0.25, 0.3) is 0 Å². The van der Waals surface area contributed by atoms with Crippen LogP contribution in [0, 0.1) is 0 Å². The molecule has 0 amide bonds. The van der Waals surface area contributed by atoms with Gasteiger partial charge in [-0.25, -0.2) is 8.42 Å². The number of sulfonamides is 1. The summed E-state index contributed by atoms with van der Waals surface area (Å²) < 4.78 is 33.7. The molecular weight excluding hydrogens is 372 g/mol. The Morgan fingerprint density at radius 3 is 2.58 bits per heavy atom. The van der Waals surface area contributed by atoms with Gasteiger partial charge in [0.1, 0.15) is 0 Å². The minimum absolute atomic E-state index is 0.283. The van der Waals surface area contributed by atoms with Gasteiger partial charge in [0.2, 0.25) is 0 Å². The van der Waals surface area contributed by atoms with Crippen molar-refractivity contribution in [3.8, 4) is 0 Å². The molecule has 0 spiro atoms. The maximum atomic E-state index is 12.8. The van der Waals surface area contributed by atoms with Crippen molar-refractivity contribution in [3.63, 3.8) is 0 Å². The van der Waals surface area contributed by atoms with Crippen LogP contribution >= 0.6 is 11.6 Å². The predicted molar refractivity (Wildman–Crippen MR) is 104 cm³/mol. The lowest BCUT2D eigenvalue weighted by atomic mass is 10.1. The molecule has 1 aliphatic heterocycles. The molecule has 1 aliphatic carbocycles. The van der Waals surface area contributed by atoms with Crippen LogP contribution in [0.4, 0.5) is 11.4 Å². The number of ether oxygens (including phenoxy) is 1. The van der Waals surface area contributed by atoms with E-state index in [0.717, 1.165) is 43.6 Å². The molecule has 4 rings (SSSR count). The van der Waals surface area contributed by atoms with E-state index >= 15 is 0 Å². The molecule has 138 valence electrons. The lowest BCUT2D eigenvalue weighted by molar-refractivity contribution is 0.122. The van der Waals surface area contributed by atoms with Crippen molar-refractivity contribution in [2.75, 3.05) is 35.9 Å². The zero-order chi connectivity index (χ0) is 18.1. The van der Waals surface area contributed by atoms with E-state index in [4.69, 9.17) is 16.3 Å². The van der Waals surface area contributed by atoms with E-state index in [1.54, 1.807) is 24.3 Å². The van der Waals surface area contributed by atoms with Crippen LogP contribution in [-0.4, -0.2) is 34.7 Å². The summed E-state index contributed by atoms with van der Waals surface area (Å²) >= 11 is 6.25. The van der Waals surface area contributed by atoms with Crippen LogP contribution in [0.3, 0.4) is 0 Å². The van der Waals surface area contributed by atoms with Crippen LogP contribution in [0.5, 0.6) is 0 Å². The number of nitrogens with zero attached hydrogens (tertiary/aromatic N) is 1. The Balaban J connectivity index is 1.61. The molecule has 0 aromatic heterocycles. The van der Waals surface area contributed by atoms with E-state index in [9.17, 15) is 8.42 Å². The zero-order valence-corrected chi connectivity index (χ0v) is 15.9. The normalized spacial score (nSPS) is 17.2. The fraction of sp³-hybridized carbons (Fsp3) is 0.368. The fourth-order valence-corrected chi connectivity index (χ4v) is 4.87. The highest BCUT2D eigenvalue weighted by atomic mass is 35.5. The molecule has 1 fully saturated rings. The molecule has 2 aliphatic rings. The number of halogens is 1. The first kappa shape index (κ1) is 17.6. The molecule has 0 atom stereocenters. The zero-order valence-electron chi connectivity index (χ0n) is 14.4. The summed E-state index contributed by atoms with van der Waals surface area (Å²) in [6.45, 7) is 2.88. The Morgan fingerprint density at radius 2 is 1.77 bits per heavy atom. The average Bonchev–Trinajstić information content (AvgIpc) is 3.12. The minimum atomic E-state index is -3.68. The molecule has 1 saturated heterocycles. The third-order valence-electron chi connectivity index (χ3n) is 4.95. The first-order chi connectivity index (χ1) is 12.5. The summed E-state index contributed by atoms with van der Waals surface area (Å²) in [5.41, 5.74) is 3.71. The number of morpholine rings is 1. The number of anilines is 2. The van der Waals surface area contributed by atoms with Crippen molar-refractivity contribution < 1.29 is 13.2 Å². The first-order valence-electron chi connectivity index (χ1n) is 8.80. The van der Waals surface area contributed by atoms with Crippen LogP contribution in [0.2, 0.25) is 5.02 Å². The molecule has 26 heavy (non-hydrogen) atoms. The van der Waals surface area contributed by atoms with E-state index in [1.165, 1.54) is 5.56 Å². The molecule has 0 radical (unpaired) electrons. The average molecular weight is 393 g/mol. The molecule has 0 bridgehead atoms. The number of fused-ring (bicyclic) bond motifs is 1. The van der Waals surface area contributed by atoms with Gasteiger partial charge in [0.15, 0.2) is 0 Å². The van der Waals surface area contributed by atoms with Crippen LogP contribution in [0.15, 0.2) is 41.3 Å². The molecule has 7 heteroatoms. The fourth-order valence-electron chi connectivity index (χ4n) is 3.53. The van der Waals surface area contributed by atoms with E-state index in [1.807, 2.05) is 12.1 Å². The molecular formula is C19H21ClN2O3S. The Kier molecular flexibility index (Phi) is 4.82. The summed E-state index contributed by atoms with van der Waals surface area (Å²) in [7, 11) is -3.68. The number of nitrogens with one attached hydrogen (secondary N) is 1. The van der Waals surface area contributed by atoms with Gasteiger partial charge in [-0.1, -0.05) is 17.7 Å². The van der Waals surface area contributed by atoms with Gasteiger partial charge < -0.3 is 9.64 Å². The summed E-state index contributed by atoms with van der Waals surface area (Å²) in [5, 5.41) is 0.381. The second-order valence-corrected chi connectivity index (χ2v) is 8.74. The van der Waals surface area contributed by atoms with Gasteiger partial charge in [-0.3, -0.25) is 4.72 Å². The van der Waals surface area contributed by atoms with Crippen LogP contribution < -0.4 is 9.62 Å². The summed E-state index contributed by atoms with van der Waals surface area (Å²) in [4.78, 5) is 2.44. The van der Waals surface area contributed by atoms with Gasteiger partial charge in [0.25, 0.3) is 10.0 Å². The lowest BCUT2D eigenvalue weighted by Gasteiger charge is -2.29. The van der Waals surface area contributed by atoms with Gasteiger partial charge in [-0.05, 0) is 60.7 Å². The second-order valence-electron chi connectivity index (χ2n) is 6.65. The smallest absolute Gasteiger partial charge is 0.261 e. The van der Waals surface area contributed by atoms with Gasteiger partial charge in [-0.2, -0.15) is 0 Å². The Morgan fingerprint density at radius 1 is 1.00 bits per heavy atom. The maximum Gasteiger partial charge on any atom is 0.261 e. The highest BCUT2D eigenvalue weighted by Crippen LogP contribution is 2.31. The van der Waals surface area contributed by atoms with E-state index < -0.39 is 10.0 Å². The highest BCUT2D eigenvalue weighted by molar-refractivity contribution is 7.92. The minimum Gasteiger partial charge on any atom is -0.378 e. The SMILES string of the molecule is O=S(=O)(Nc1cc(N2CCOCC2)ccc1Cl)c1ccc2c(c1)CCC2. The number of benzene rings is 2. The van der Waals surface area contributed by atoms with Gasteiger partial charge in [0, 0.05) is 18.8 Å². The summed E-state index contributed by atoms with van der Waals surface area (Å²) in [6.07, 6.45) is 3.04. The number of aryl methyl sites for hydroxylation is 2. The van der Waals surface area contributed by atoms with Crippen LogP contribution in [0.1, 0.15) is 17.5 Å². The Labute approximate surface area is 159 Å². The number of rotatable bonds is 4. The standard InChI is InChI=1S/C19H21ClN2O3S/c20-18-7-5-16(22-8-10-25-11-9-22)13-19(18)21-26(23,24)17-6-4-14-2-1-3-15(14)12-17/h4-7,12-13,21H,1-3,8-11H2. The molecule has 0 unspecified atom stereocenters. The molecule has 2 aromatic carbocycles. The van der Waals surface area contributed by atoms with Crippen molar-refractivity contribution in [2.24, 2.45) is 0 Å². The molecule has 0 saturated carbocycles. The third kappa shape index (κ3) is 3.54. The quantitative estimate of drug-likeness (QED) is 0.865. The largest absolute Gasteiger partial charge is 0.378 e. The number of hydrogen-bond donors (Lipinski definition) is 1. The predicted octanol–water partition coefficient (Wildman–Crippen LogP) is 3.47. The molecule has 1 heterocycles. The van der Waals surface area contributed by atoms with Gasteiger partial charge in [0.05, 0.1) is 28.8 Å².